The quantitative estimate of drug-likeness (QED) is 0.169. The summed E-state index contributed by atoms with van der Waals surface area (Å²) in [6.07, 6.45) is 3.68. The van der Waals surface area contributed by atoms with Gasteiger partial charge in [-0.25, -0.2) is 14.1 Å². The van der Waals surface area contributed by atoms with Gasteiger partial charge >= 0.3 is 0 Å². The van der Waals surface area contributed by atoms with E-state index in [1.54, 1.807) is 44.3 Å². The molecule has 0 bridgehead atoms. The van der Waals surface area contributed by atoms with Gasteiger partial charge in [0.05, 0.1) is 50.0 Å². The fraction of sp³-hybridized carbons (Fsp3) is 0.350. The Morgan fingerprint density at radius 3 is 2.40 bits per heavy atom. The van der Waals surface area contributed by atoms with Gasteiger partial charge in [0.1, 0.15) is 17.3 Å². The molecule has 2 amide bonds. The summed E-state index contributed by atoms with van der Waals surface area (Å²) in [7, 11) is 4.81. The zero-order valence-corrected chi connectivity index (χ0v) is 30.0. The minimum atomic E-state index is -0.393. The molecule has 0 radical (unpaired) electrons. The van der Waals surface area contributed by atoms with Gasteiger partial charge in [-0.1, -0.05) is 30.3 Å². The number of carbonyl (C=O) groups excluding carboxylic acids is 2. The molecule has 8 rings (SSSR count). The van der Waals surface area contributed by atoms with E-state index in [1.165, 1.54) is 0 Å². The molecule has 13 heteroatoms. The molecule has 3 saturated heterocycles. The lowest BCUT2D eigenvalue weighted by atomic mass is 9.79. The van der Waals surface area contributed by atoms with Crippen molar-refractivity contribution < 1.29 is 28.2 Å². The lowest BCUT2D eigenvalue weighted by Gasteiger charge is -2.47. The number of benzene rings is 3. The number of ether oxygens (including phenoxy) is 3. The van der Waals surface area contributed by atoms with Gasteiger partial charge in [-0.05, 0) is 30.2 Å². The number of hydrogen-bond donors (Lipinski definition) is 3. The molecule has 12 nitrogen and oxygen atoms in total. The van der Waals surface area contributed by atoms with E-state index in [2.05, 4.69) is 20.9 Å². The summed E-state index contributed by atoms with van der Waals surface area (Å²) < 4.78 is 35.7. The number of pyridine rings is 1. The number of carbonyl (C=O) groups is 2. The maximum atomic E-state index is 16.6. The number of halogens is 1. The predicted octanol–water partition coefficient (Wildman–Crippen LogP) is 4.61. The molecule has 1 atom stereocenters. The second-order valence-electron chi connectivity index (χ2n) is 14.2. The van der Waals surface area contributed by atoms with Crippen LogP contribution < -0.4 is 30.2 Å². The van der Waals surface area contributed by atoms with Crippen LogP contribution in [0.4, 0.5) is 4.39 Å². The molecule has 3 aromatic carbocycles. The smallest absolute Gasteiger partial charge is 0.220 e. The molecule has 0 unspecified atom stereocenters. The fourth-order valence-electron chi connectivity index (χ4n) is 8.04. The highest BCUT2D eigenvalue weighted by molar-refractivity contribution is 5.96. The van der Waals surface area contributed by atoms with Crippen LogP contribution in [-0.4, -0.2) is 85.0 Å². The van der Waals surface area contributed by atoms with Gasteiger partial charge in [-0.3, -0.25) is 14.5 Å². The summed E-state index contributed by atoms with van der Waals surface area (Å²) in [5, 5.41) is 14.9. The van der Waals surface area contributed by atoms with Gasteiger partial charge in [0.15, 0.2) is 0 Å². The Kier molecular flexibility index (Phi) is 9.21. The van der Waals surface area contributed by atoms with Crippen molar-refractivity contribution in [3.8, 4) is 45.5 Å². The van der Waals surface area contributed by atoms with Crippen LogP contribution in [0.15, 0.2) is 66.9 Å². The Morgan fingerprint density at radius 2 is 1.70 bits per heavy atom. The molecule has 0 aliphatic carbocycles. The highest BCUT2D eigenvalue weighted by Crippen LogP contribution is 2.40. The zero-order chi connectivity index (χ0) is 36.7. The zero-order valence-electron chi connectivity index (χ0n) is 30.0. The summed E-state index contributed by atoms with van der Waals surface area (Å²) in [6, 6.07) is 18.8. The summed E-state index contributed by atoms with van der Waals surface area (Å²) in [5.74, 6) is 1.52. The summed E-state index contributed by atoms with van der Waals surface area (Å²) >= 11 is 0. The van der Waals surface area contributed by atoms with Crippen molar-refractivity contribution in [2.75, 3.05) is 47.5 Å². The van der Waals surface area contributed by atoms with Gasteiger partial charge in [-0.15, -0.1) is 0 Å². The molecule has 0 saturated carbocycles. The molecule has 3 fully saturated rings. The van der Waals surface area contributed by atoms with E-state index in [0.717, 1.165) is 53.8 Å². The molecule has 2 aromatic heterocycles. The standard InChI is InChI=1S/C40H42FN7O5/c1-51-34-14-26(15-35(52-2)31(34)18-42-17-25-11-13-36(49)45-25)48-33-9-5-6-27(30(33)19-44-48)28-7-4-8-29(38(28)41)32-12-10-24(39(46-32)53-3)20-47-22-40(23-47)16-37(50)43-21-40/h4-10,12,14-15,19,25,42H,11,13,16-18,20-23H2,1-3H3,(H,43,50)(H,45,49)/t25-/m0/s1. The summed E-state index contributed by atoms with van der Waals surface area (Å²) in [6.45, 7) is 4.16. The average molecular weight is 720 g/mol. The van der Waals surface area contributed by atoms with Crippen molar-refractivity contribution in [2.24, 2.45) is 5.41 Å². The highest BCUT2D eigenvalue weighted by atomic mass is 19.1. The molecular weight excluding hydrogens is 677 g/mol. The molecule has 5 aromatic rings. The first-order valence-corrected chi connectivity index (χ1v) is 17.8. The van der Waals surface area contributed by atoms with Crippen molar-refractivity contribution in [1.29, 1.82) is 0 Å². The first-order chi connectivity index (χ1) is 25.8. The van der Waals surface area contributed by atoms with Gasteiger partial charge in [0.25, 0.3) is 0 Å². The number of methoxy groups -OCH3 is 3. The third-order valence-corrected chi connectivity index (χ3v) is 10.6. The molecule has 3 aliphatic rings. The SMILES string of the molecule is COc1cc(-n2ncc3c(-c4cccc(-c5ccc(CN6CC7(CNC(=O)C7)C6)c(OC)n5)c4F)cccc32)cc(OC)c1CNC[C@@H]1CCC(=O)N1. The van der Waals surface area contributed by atoms with Crippen LogP contribution in [0.2, 0.25) is 0 Å². The monoisotopic (exact) mass is 719 g/mol. The highest BCUT2D eigenvalue weighted by Gasteiger charge is 2.48. The second kappa shape index (κ2) is 14.1. The number of nitrogens with zero attached hydrogens (tertiary/aromatic N) is 4. The Labute approximate surface area is 306 Å². The molecule has 3 N–H and O–H groups in total. The lowest BCUT2D eigenvalue weighted by molar-refractivity contribution is -0.121. The molecule has 274 valence electrons. The first-order valence-electron chi connectivity index (χ1n) is 17.8. The Hall–Kier alpha value is -5.53. The van der Waals surface area contributed by atoms with Crippen molar-refractivity contribution in [2.45, 2.75) is 38.4 Å². The van der Waals surface area contributed by atoms with Crippen molar-refractivity contribution in [3.63, 3.8) is 0 Å². The third-order valence-electron chi connectivity index (χ3n) is 10.6. The van der Waals surface area contributed by atoms with Gasteiger partial charge in [-0.2, -0.15) is 5.10 Å². The van der Waals surface area contributed by atoms with E-state index in [9.17, 15) is 9.59 Å². The van der Waals surface area contributed by atoms with Crippen LogP contribution in [0.1, 0.15) is 30.4 Å². The number of aromatic nitrogens is 3. The number of likely N-dealkylation sites (tertiary alicyclic amines) is 1. The summed E-state index contributed by atoms with van der Waals surface area (Å²) in [4.78, 5) is 30.4. The van der Waals surface area contributed by atoms with Gasteiger partial charge in [0.2, 0.25) is 17.7 Å². The number of hydrogen-bond acceptors (Lipinski definition) is 9. The maximum Gasteiger partial charge on any atom is 0.220 e. The molecule has 53 heavy (non-hydrogen) atoms. The number of fused-ring (bicyclic) bond motifs is 1. The number of nitrogens with one attached hydrogen (secondary N) is 3. The topological polar surface area (TPSA) is 132 Å². The third kappa shape index (κ3) is 6.55. The Balaban J connectivity index is 1.05. The van der Waals surface area contributed by atoms with Crippen LogP contribution in [0.3, 0.4) is 0 Å². The molecule has 3 aliphatic heterocycles. The fourth-order valence-corrected chi connectivity index (χ4v) is 8.04. The van der Waals surface area contributed by atoms with E-state index < -0.39 is 5.82 Å². The first kappa shape index (κ1) is 34.6. The number of amides is 2. The average Bonchev–Trinajstić information content (AvgIpc) is 3.90. The normalized spacial score (nSPS) is 17.9. The van der Waals surface area contributed by atoms with Gasteiger partial charge < -0.3 is 30.2 Å². The van der Waals surface area contributed by atoms with Crippen molar-refractivity contribution in [3.05, 3.63) is 83.8 Å². The Morgan fingerprint density at radius 1 is 0.943 bits per heavy atom. The minimum absolute atomic E-state index is 0.0277. The van der Waals surface area contributed by atoms with Gasteiger partial charge in [0, 0.05) is 97.8 Å². The molecule has 5 heterocycles. The second-order valence-corrected chi connectivity index (χ2v) is 14.2. The lowest BCUT2D eigenvalue weighted by Crippen LogP contribution is -2.56. The number of rotatable bonds is 12. The maximum absolute atomic E-state index is 16.6. The summed E-state index contributed by atoms with van der Waals surface area (Å²) in [5.41, 5.74) is 5.27. The largest absolute Gasteiger partial charge is 0.496 e. The minimum Gasteiger partial charge on any atom is -0.496 e. The predicted molar refractivity (Wildman–Crippen MR) is 198 cm³/mol. The van der Waals surface area contributed by atoms with Crippen LogP contribution in [-0.2, 0) is 22.7 Å². The van der Waals surface area contributed by atoms with E-state index in [1.807, 2.05) is 48.5 Å². The van der Waals surface area contributed by atoms with Crippen molar-refractivity contribution in [1.82, 2.24) is 35.6 Å². The van der Waals surface area contributed by atoms with Crippen LogP contribution in [0, 0.1) is 11.2 Å². The van der Waals surface area contributed by atoms with E-state index in [-0.39, 0.29) is 23.3 Å². The van der Waals surface area contributed by atoms with Crippen LogP contribution >= 0.6 is 0 Å². The van der Waals surface area contributed by atoms with E-state index in [0.29, 0.717) is 72.2 Å². The van der Waals surface area contributed by atoms with Crippen LogP contribution in [0.25, 0.3) is 39.0 Å². The van der Waals surface area contributed by atoms with E-state index in [4.69, 9.17) is 24.3 Å². The molecular formula is C40H42FN7O5. The molecule has 1 spiro atoms. The Bertz CT molecular complexity index is 2190. The van der Waals surface area contributed by atoms with Crippen LogP contribution in [0.5, 0.6) is 17.4 Å². The van der Waals surface area contributed by atoms with E-state index >= 15 is 4.39 Å². The van der Waals surface area contributed by atoms with Crippen molar-refractivity contribution >= 4 is 22.7 Å².